The Morgan fingerprint density at radius 2 is 1.77 bits per heavy atom. The second-order valence-electron chi connectivity index (χ2n) is 8.27. The number of likely N-dealkylation sites (tertiary alicyclic amines) is 1. The summed E-state index contributed by atoms with van der Waals surface area (Å²) in [5, 5.41) is 5.68. The minimum atomic E-state index is -0.217. The highest BCUT2D eigenvalue weighted by molar-refractivity contribution is 5.95. The first-order valence-electron chi connectivity index (χ1n) is 10.9. The fourth-order valence-electron chi connectivity index (χ4n) is 4.45. The van der Waals surface area contributed by atoms with Crippen LogP contribution in [-0.2, 0) is 9.59 Å². The quantitative estimate of drug-likeness (QED) is 0.657. The normalized spacial score (nSPS) is 19.7. The van der Waals surface area contributed by atoms with Gasteiger partial charge in [-0.2, -0.15) is 0 Å². The molecule has 7 heteroatoms. The lowest BCUT2D eigenvalue weighted by Gasteiger charge is -2.24. The van der Waals surface area contributed by atoms with Crippen molar-refractivity contribution in [3.8, 4) is 11.5 Å². The van der Waals surface area contributed by atoms with E-state index in [4.69, 9.17) is 9.47 Å². The number of quaternary nitrogens is 1. The number of fused-ring (bicyclic) bond motifs is 1. The summed E-state index contributed by atoms with van der Waals surface area (Å²) in [6, 6.07) is 12.2. The number of carbonyl (C=O) groups excluding carboxylic acids is 2. The third-order valence-corrected chi connectivity index (χ3v) is 6.03. The first-order valence-corrected chi connectivity index (χ1v) is 10.9. The van der Waals surface area contributed by atoms with Crippen LogP contribution in [-0.4, -0.2) is 44.7 Å². The van der Waals surface area contributed by atoms with Crippen LogP contribution in [0.1, 0.15) is 35.6 Å². The number of anilines is 1. The Labute approximate surface area is 182 Å². The average molecular weight is 425 g/mol. The Bertz CT molecular complexity index is 955. The SMILES string of the molecule is Cc1cccc(C)c1NC(=O)CNC(=O)C[NH+]1CCC[C@H]1c1ccc2c(c1)OCCO2. The van der Waals surface area contributed by atoms with Crippen molar-refractivity contribution in [2.24, 2.45) is 0 Å². The van der Waals surface area contributed by atoms with Crippen LogP contribution in [0.2, 0.25) is 0 Å². The molecule has 0 bridgehead atoms. The zero-order chi connectivity index (χ0) is 21.8. The van der Waals surface area contributed by atoms with E-state index in [-0.39, 0.29) is 24.4 Å². The van der Waals surface area contributed by atoms with Crippen molar-refractivity contribution in [2.45, 2.75) is 32.7 Å². The molecule has 31 heavy (non-hydrogen) atoms. The number of benzene rings is 2. The molecule has 2 aromatic carbocycles. The number of amides is 2. The lowest BCUT2D eigenvalue weighted by molar-refractivity contribution is -0.910. The van der Waals surface area contributed by atoms with Crippen LogP contribution in [0.15, 0.2) is 36.4 Å². The predicted octanol–water partition coefficient (Wildman–Crippen LogP) is 1.55. The number of nitrogens with one attached hydrogen (secondary N) is 3. The maximum absolute atomic E-state index is 12.5. The van der Waals surface area contributed by atoms with Crippen LogP contribution in [0.3, 0.4) is 0 Å². The topological polar surface area (TPSA) is 81.1 Å². The van der Waals surface area contributed by atoms with Gasteiger partial charge >= 0.3 is 0 Å². The molecule has 2 amide bonds. The second kappa shape index (κ2) is 9.39. The third kappa shape index (κ3) is 4.99. The summed E-state index contributed by atoms with van der Waals surface area (Å²) in [4.78, 5) is 26.1. The minimum Gasteiger partial charge on any atom is -0.486 e. The summed E-state index contributed by atoms with van der Waals surface area (Å²) < 4.78 is 11.3. The van der Waals surface area contributed by atoms with Crippen molar-refractivity contribution in [1.29, 1.82) is 0 Å². The molecule has 0 saturated carbocycles. The molecule has 0 aromatic heterocycles. The van der Waals surface area contributed by atoms with E-state index in [0.717, 1.165) is 53.3 Å². The fraction of sp³-hybridized carbons (Fsp3) is 0.417. The fourth-order valence-corrected chi connectivity index (χ4v) is 4.45. The molecule has 4 rings (SSSR count). The summed E-state index contributed by atoms with van der Waals surface area (Å²) in [5.74, 6) is 1.23. The van der Waals surface area contributed by atoms with Crippen molar-refractivity contribution >= 4 is 17.5 Å². The summed E-state index contributed by atoms with van der Waals surface area (Å²) in [6.07, 6.45) is 2.09. The molecule has 1 saturated heterocycles. The van der Waals surface area contributed by atoms with Gasteiger partial charge in [0.1, 0.15) is 19.3 Å². The number of aryl methyl sites for hydroxylation is 2. The van der Waals surface area contributed by atoms with E-state index in [1.54, 1.807) is 0 Å². The van der Waals surface area contributed by atoms with Crippen LogP contribution in [0.5, 0.6) is 11.5 Å². The molecule has 2 heterocycles. The summed E-state index contributed by atoms with van der Waals surface area (Å²) in [7, 11) is 0. The van der Waals surface area contributed by atoms with Gasteiger partial charge in [-0.1, -0.05) is 18.2 Å². The number of para-hydroxylation sites is 1. The third-order valence-electron chi connectivity index (χ3n) is 6.03. The van der Waals surface area contributed by atoms with Gasteiger partial charge in [-0.05, 0) is 43.2 Å². The van der Waals surface area contributed by atoms with Crippen molar-refractivity contribution in [3.63, 3.8) is 0 Å². The van der Waals surface area contributed by atoms with Gasteiger partial charge in [0.2, 0.25) is 5.91 Å². The van der Waals surface area contributed by atoms with E-state index in [1.165, 1.54) is 4.90 Å². The van der Waals surface area contributed by atoms with Crippen molar-refractivity contribution in [3.05, 3.63) is 53.1 Å². The van der Waals surface area contributed by atoms with Crippen LogP contribution in [0.25, 0.3) is 0 Å². The monoisotopic (exact) mass is 424 g/mol. The Morgan fingerprint density at radius 1 is 1.03 bits per heavy atom. The first kappa shape index (κ1) is 21.2. The number of hydrogen-bond donors (Lipinski definition) is 3. The van der Waals surface area contributed by atoms with E-state index < -0.39 is 0 Å². The van der Waals surface area contributed by atoms with Gasteiger partial charge in [0.15, 0.2) is 18.0 Å². The van der Waals surface area contributed by atoms with E-state index in [9.17, 15) is 9.59 Å². The second-order valence-corrected chi connectivity index (χ2v) is 8.27. The highest BCUT2D eigenvalue weighted by atomic mass is 16.6. The van der Waals surface area contributed by atoms with E-state index in [2.05, 4.69) is 16.7 Å². The number of ether oxygens (including phenoxy) is 2. The Balaban J connectivity index is 1.31. The largest absolute Gasteiger partial charge is 0.486 e. The molecular weight excluding hydrogens is 394 g/mol. The zero-order valence-corrected chi connectivity index (χ0v) is 18.1. The van der Waals surface area contributed by atoms with Crippen LogP contribution >= 0.6 is 0 Å². The highest BCUT2D eigenvalue weighted by Gasteiger charge is 2.32. The molecule has 2 aromatic rings. The van der Waals surface area contributed by atoms with Crippen molar-refractivity contribution in [2.75, 3.05) is 38.2 Å². The van der Waals surface area contributed by atoms with Crippen LogP contribution in [0.4, 0.5) is 5.69 Å². The molecule has 164 valence electrons. The van der Waals surface area contributed by atoms with Gasteiger partial charge in [-0.15, -0.1) is 0 Å². The molecule has 2 aliphatic rings. The lowest BCUT2D eigenvalue weighted by atomic mass is 10.0. The molecule has 3 N–H and O–H groups in total. The molecular formula is C24H30N3O4+. The van der Waals surface area contributed by atoms with Gasteiger partial charge in [-0.3, -0.25) is 9.59 Å². The Hall–Kier alpha value is -3.06. The summed E-state index contributed by atoms with van der Waals surface area (Å²) in [6.45, 7) is 6.28. The molecule has 0 radical (unpaired) electrons. The standard InChI is InChI=1S/C24H29N3O4/c1-16-5-3-6-17(2)24(16)26-22(28)14-25-23(29)15-27-10-4-7-19(27)18-8-9-20-21(13-18)31-12-11-30-20/h3,5-6,8-9,13,19H,4,7,10-12,14-15H2,1-2H3,(H,25,29)(H,26,28)/p+1/t19-/m0/s1. The van der Waals surface area contributed by atoms with Crippen molar-refractivity contribution in [1.82, 2.24) is 5.32 Å². The molecule has 0 spiro atoms. The molecule has 1 unspecified atom stereocenters. The maximum atomic E-state index is 12.5. The lowest BCUT2D eigenvalue weighted by Crippen LogP contribution is -3.11. The van der Waals surface area contributed by atoms with Crippen molar-refractivity contribution < 1.29 is 24.0 Å². The number of carbonyl (C=O) groups is 2. The molecule has 2 atom stereocenters. The average Bonchev–Trinajstić information content (AvgIpc) is 3.22. The predicted molar refractivity (Wildman–Crippen MR) is 118 cm³/mol. The van der Waals surface area contributed by atoms with Crippen LogP contribution < -0.4 is 25.0 Å². The first-order chi connectivity index (χ1) is 15.0. The van der Waals surface area contributed by atoms with Gasteiger partial charge in [0.05, 0.1) is 13.1 Å². The van der Waals surface area contributed by atoms with Crippen LogP contribution in [0, 0.1) is 13.8 Å². The number of hydrogen-bond acceptors (Lipinski definition) is 4. The molecule has 0 aliphatic carbocycles. The number of rotatable bonds is 6. The van der Waals surface area contributed by atoms with E-state index in [1.807, 2.05) is 44.2 Å². The summed E-state index contributed by atoms with van der Waals surface area (Å²) >= 11 is 0. The molecule has 2 aliphatic heterocycles. The van der Waals surface area contributed by atoms with Gasteiger partial charge in [-0.25, -0.2) is 0 Å². The Morgan fingerprint density at radius 3 is 2.55 bits per heavy atom. The highest BCUT2D eigenvalue weighted by Crippen LogP contribution is 2.33. The minimum absolute atomic E-state index is 0.0332. The van der Waals surface area contributed by atoms with E-state index >= 15 is 0 Å². The molecule has 1 fully saturated rings. The van der Waals surface area contributed by atoms with Gasteiger partial charge < -0.3 is 25.0 Å². The van der Waals surface area contributed by atoms with Gasteiger partial charge in [0.25, 0.3) is 5.91 Å². The van der Waals surface area contributed by atoms with Gasteiger partial charge in [0, 0.05) is 24.1 Å². The Kier molecular flexibility index (Phi) is 6.42. The smallest absolute Gasteiger partial charge is 0.275 e. The van der Waals surface area contributed by atoms with E-state index in [0.29, 0.717) is 19.8 Å². The maximum Gasteiger partial charge on any atom is 0.275 e. The summed E-state index contributed by atoms with van der Waals surface area (Å²) in [5.41, 5.74) is 3.98. The zero-order valence-electron chi connectivity index (χ0n) is 18.1. The molecule has 7 nitrogen and oxygen atoms in total.